The van der Waals surface area contributed by atoms with Crippen LogP contribution in [0.1, 0.15) is 26.0 Å². The number of hydrogen-bond acceptors (Lipinski definition) is 4. The van der Waals surface area contributed by atoms with Crippen LogP contribution in [0.5, 0.6) is 0 Å². The predicted molar refractivity (Wildman–Crippen MR) is 290 cm³/mol. The number of para-hydroxylation sites is 8. The Labute approximate surface area is 430 Å². The molecular weight excluding hydrogens is 871 g/mol. The molecule has 0 amide bonds. The monoisotopic (exact) mass is 926 g/mol. The van der Waals surface area contributed by atoms with E-state index in [1.54, 1.807) is 83.4 Å². The third-order valence-corrected chi connectivity index (χ3v) is 13.3. The Morgan fingerprint density at radius 2 is 0.761 bits per heavy atom. The molecule has 0 radical (unpaired) electrons. The van der Waals surface area contributed by atoms with E-state index in [9.17, 15) is 15.1 Å². The van der Waals surface area contributed by atoms with Crippen molar-refractivity contribution in [3.63, 3.8) is 0 Å². The van der Waals surface area contributed by atoms with Crippen molar-refractivity contribution in [2.24, 2.45) is 0 Å². The van der Waals surface area contributed by atoms with Gasteiger partial charge in [0.2, 0.25) is 11.9 Å². The second-order valence-corrected chi connectivity index (χ2v) is 16.9. The molecule has 6 aromatic heterocycles. The number of hydrogen-bond donors (Lipinski definition) is 0. The quantitative estimate of drug-likeness (QED) is 0.172. The zero-order valence-electron chi connectivity index (χ0n) is 55.4. The van der Waals surface area contributed by atoms with Gasteiger partial charge in [0, 0.05) is 48.5 Å². The normalized spacial score (nSPS) is 16.0. The average Bonchev–Trinajstić information content (AvgIpc) is 1.57. The second-order valence-electron chi connectivity index (χ2n) is 16.9. The first-order chi connectivity index (χ1) is 43.2. The molecule has 16 rings (SSSR count). The van der Waals surface area contributed by atoms with Crippen LogP contribution < -0.4 is 0 Å². The zero-order chi connectivity index (χ0) is 62.8. The van der Waals surface area contributed by atoms with Gasteiger partial charge in [0.05, 0.1) is 92.5 Å². The number of rotatable bonds is 5. The molecule has 71 heavy (non-hydrogen) atoms. The SMILES string of the molecule is [2H]c1c([2H])c(-n2c3c([2H])c([2H])c([2H])c([2H])c3c3c([2H])c([2H])c([2H])c([2H])c32)c(-c2nc(-n3c4ccccc4c4c([2H])c([2H])c([2H])c([2H])c43)nc(-n3c4ccccc4c4c([2H])c([2H])c([2H])c([2H])c43)n2)c(-n2c3ccccc3c3ccc4oc5ccccc5c4c32)c1[2H]. The Kier molecular flexibility index (Phi) is 4.95. The van der Waals surface area contributed by atoms with Crippen molar-refractivity contribution >= 4 is 109 Å². The van der Waals surface area contributed by atoms with Crippen LogP contribution in [-0.2, 0) is 0 Å². The lowest BCUT2D eigenvalue weighted by molar-refractivity contribution is 0.669. The maximum atomic E-state index is 10.5. The fraction of sp³-hybridized carbons (Fsp3) is 0. The Morgan fingerprint density at radius 3 is 1.32 bits per heavy atom. The molecule has 6 heterocycles. The molecule has 0 atom stereocenters. The van der Waals surface area contributed by atoms with Crippen LogP contribution in [0.15, 0.2) is 228 Å². The van der Waals surface area contributed by atoms with Crippen molar-refractivity contribution in [1.29, 1.82) is 0 Å². The highest BCUT2D eigenvalue weighted by atomic mass is 16.3. The number of nitrogens with zero attached hydrogens (tertiary/aromatic N) is 7. The lowest BCUT2D eigenvalue weighted by Crippen LogP contribution is -2.12. The first kappa shape index (κ1) is 24.5. The maximum Gasteiger partial charge on any atom is 0.240 e. The van der Waals surface area contributed by atoms with Gasteiger partial charge < -0.3 is 13.6 Å². The lowest BCUT2D eigenvalue weighted by atomic mass is 10.1. The molecule has 10 aromatic carbocycles. The summed E-state index contributed by atoms with van der Waals surface area (Å²) in [5, 5.41) is 2.39. The van der Waals surface area contributed by atoms with Crippen LogP contribution in [0.2, 0.25) is 0 Å². The molecule has 8 nitrogen and oxygen atoms in total. The maximum absolute atomic E-state index is 10.5. The molecule has 0 fully saturated rings. The van der Waals surface area contributed by atoms with E-state index in [4.69, 9.17) is 30.3 Å². The van der Waals surface area contributed by atoms with E-state index < -0.39 is 149 Å². The summed E-state index contributed by atoms with van der Waals surface area (Å²) in [5.41, 5.74) is -0.184. The zero-order valence-corrected chi connectivity index (χ0v) is 36.4. The number of aromatic nitrogens is 7. The van der Waals surface area contributed by atoms with E-state index in [0.29, 0.717) is 54.5 Å². The largest absolute Gasteiger partial charge is 0.456 e. The third-order valence-electron chi connectivity index (χ3n) is 13.3. The van der Waals surface area contributed by atoms with Crippen molar-refractivity contribution in [1.82, 2.24) is 33.2 Å². The minimum atomic E-state index is -0.822. The summed E-state index contributed by atoms with van der Waals surface area (Å²) >= 11 is 0. The predicted octanol–water partition coefficient (Wildman–Crippen LogP) is 15.8. The molecule has 0 saturated heterocycles. The van der Waals surface area contributed by atoms with Gasteiger partial charge in [0.1, 0.15) is 11.2 Å². The number of fused-ring (bicyclic) bond motifs is 16. The Balaban J connectivity index is 1.22. The van der Waals surface area contributed by atoms with Gasteiger partial charge in [0.25, 0.3) is 0 Å². The standard InChI is InChI=1S/C63H37N7O/c1-9-26-47-38(18-1)39-19-2-10-27-48(39)67(47)54-33-17-34-55(68-49-28-11-7-24-44(49)45-36-37-57-58(60(45)68)46-25-8-16-35-56(46)71-57)59(54)61-64-62(69-50-29-12-3-20-40(50)41-21-4-13-30-51(41)69)66-63(65-61)70-52-31-14-5-22-42(52)43-23-6-15-32-53(43)70/h1-37H/i1D,2D,3D,5D,9D,10D,12D,14D,17D,18D,19D,20D,22D,26D,27D,29D,31D,33D,34D. The van der Waals surface area contributed by atoms with Gasteiger partial charge in [-0.1, -0.05) is 151 Å². The summed E-state index contributed by atoms with van der Waals surface area (Å²) < 4.78 is 191. The van der Waals surface area contributed by atoms with E-state index in [1.165, 1.54) is 9.13 Å². The molecular formula is C63H37N7O. The topological polar surface area (TPSA) is 71.5 Å². The smallest absolute Gasteiger partial charge is 0.240 e. The molecule has 0 bridgehead atoms. The van der Waals surface area contributed by atoms with Crippen molar-refractivity contribution < 1.29 is 30.5 Å². The lowest BCUT2D eigenvalue weighted by Gasteiger charge is -2.20. The van der Waals surface area contributed by atoms with Gasteiger partial charge in [-0.2, -0.15) is 15.0 Å². The average molecular weight is 927 g/mol. The van der Waals surface area contributed by atoms with Gasteiger partial charge >= 0.3 is 0 Å². The van der Waals surface area contributed by atoms with Crippen LogP contribution in [0, 0.1) is 0 Å². The summed E-state index contributed by atoms with van der Waals surface area (Å²) in [4.78, 5) is 15.7. The van der Waals surface area contributed by atoms with E-state index in [2.05, 4.69) is 0 Å². The first-order valence-electron chi connectivity index (χ1n) is 31.9. The third kappa shape index (κ3) is 5.25. The Hall–Kier alpha value is -9.79. The van der Waals surface area contributed by atoms with Crippen LogP contribution >= 0.6 is 0 Å². The van der Waals surface area contributed by atoms with Gasteiger partial charge in [-0.3, -0.25) is 9.13 Å². The number of benzene rings is 10. The van der Waals surface area contributed by atoms with Gasteiger partial charge in [0.15, 0.2) is 5.82 Å². The molecule has 0 aliphatic heterocycles. The molecule has 16 aromatic rings. The van der Waals surface area contributed by atoms with E-state index in [-0.39, 0.29) is 54.9 Å². The molecule has 0 unspecified atom stereocenters. The minimum Gasteiger partial charge on any atom is -0.456 e. The summed E-state index contributed by atoms with van der Waals surface area (Å²) in [6.45, 7) is 0. The molecule has 0 saturated carbocycles. The van der Waals surface area contributed by atoms with Gasteiger partial charge in [-0.25, -0.2) is 0 Å². The Bertz CT molecular complexity index is 5830. The second kappa shape index (κ2) is 14.4. The van der Waals surface area contributed by atoms with Crippen molar-refractivity contribution in [3.05, 3.63) is 224 Å². The highest BCUT2D eigenvalue weighted by Crippen LogP contribution is 2.45. The summed E-state index contributed by atoms with van der Waals surface area (Å²) in [6, 6.07) is 18.9. The molecule has 330 valence electrons. The molecule has 0 N–H and O–H groups in total. The minimum absolute atomic E-state index is 0.0584. The number of furan rings is 1. The summed E-state index contributed by atoms with van der Waals surface area (Å²) in [6.07, 6.45) is 0. The van der Waals surface area contributed by atoms with Crippen LogP contribution in [0.25, 0.3) is 144 Å². The van der Waals surface area contributed by atoms with E-state index in [0.717, 1.165) is 4.57 Å². The van der Waals surface area contributed by atoms with Gasteiger partial charge in [-0.15, -0.1) is 0 Å². The molecule has 0 spiro atoms. The van der Waals surface area contributed by atoms with Gasteiger partial charge in [-0.05, 0) is 72.7 Å². The summed E-state index contributed by atoms with van der Waals surface area (Å²) in [7, 11) is 0. The highest BCUT2D eigenvalue weighted by Gasteiger charge is 2.28. The van der Waals surface area contributed by atoms with Crippen molar-refractivity contribution in [2.45, 2.75) is 0 Å². The molecule has 0 aliphatic carbocycles. The highest BCUT2D eigenvalue weighted by molar-refractivity contribution is 6.25. The van der Waals surface area contributed by atoms with E-state index >= 15 is 0 Å². The summed E-state index contributed by atoms with van der Waals surface area (Å²) in [5.74, 6) is -1.33. The van der Waals surface area contributed by atoms with Crippen LogP contribution in [-0.4, -0.2) is 33.2 Å². The fourth-order valence-corrected chi connectivity index (χ4v) is 10.5. The fourth-order valence-electron chi connectivity index (χ4n) is 10.5. The Morgan fingerprint density at radius 1 is 0.324 bits per heavy atom. The first-order valence-corrected chi connectivity index (χ1v) is 22.4. The van der Waals surface area contributed by atoms with E-state index in [1.807, 2.05) is 30.3 Å². The van der Waals surface area contributed by atoms with Crippen LogP contribution in [0.4, 0.5) is 0 Å². The van der Waals surface area contributed by atoms with Crippen molar-refractivity contribution in [3.8, 4) is 34.7 Å². The molecule has 8 heteroatoms. The van der Waals surface area contributed by atoms with Crippen molar-refractivity contribution in [2.75, 3.05) is 0 Å². The molecule has 0 aliphatic rings. The van der Waals surface area contributed by atoms with Crippen LogP contribution in [0.3, 0.4) is 0 Å².